The molecular formula is C11H13N3O3. The summed E-state index contributed by atoms with van der Waals surface area (Å²) >= 11 is 0. The highest BCUT2D eigenvalue weighted by Gasteiger charge is 2.20. The Bertz CT molecular complexity index is 626. The lowest BCUT2D eigenvalue weighted by Crippen LogP contribution is -2.38. The molecule has 0 radical (unpaired) electrons. The lowest BCUT2D eigenvalue weighted by atomic mass is 10.2. The lowest BCUT2D eigenvalue weighted by Gasteiger charge is -2.06. The summed E-state index contributed by atoms with van der Waals surface area (Å²) in [5.41, 5.74) is 12.3. The minimum absolute atomic E-state index is 0.284. The van der Waals surface area contributed by atoms with Crippen molar-refractivity contribution in [2.24, 2.45) is 5.73 Å². The van der Waals surface area contributed by atoms with Crippen molar-refractivity contribution in [2.45, 2.75) is 19.4 Å². The molecule has 2 rings (SSSR count). The van der Waals surface area contributed by atoms with Gasteiger partial charge in [-0.3, -0.25) is 4.79 Å². The smallest absolute Gasteiger partial charge is 0.407 e. The van der Waals surface area contributed by atoms with Gasteiger partial charge >= 0.3 is 5.76 Å². The number of anilines is 1. The van der Waals surface area contributed by atoms with Crippen molar-refractivity contribution in [3.8, 4) is 0 Å². The van der Waals surface area contributed by atoms with Gasteiger partial charge in [0.2, 0.25) is 0 Å². The monoisotopic (exact) mass is 235 g/mol. The number of hydrogen-bond acceptors (Lipinski definition) is 5. The number of nitrogens with zero attached hydrogens (tertiary/aromatic N) is 1. The second-order valence-corrected chi connectivity index (χ2v) is 3.78. The van der Waals surface area contributed by atoms with Crippen LogP contribution in [0.3, 0.4) is 0 Å². The topological polar surface area (TPSA) is 104 Å². The highest BCUT2D eigenvalue weighted by atomic mass is 16.4. The first-order valence-electron chi connectivity index (χ1n) is 5.25. The van der Waals surface area contributed by atoms with E-state index in [2.05, 4.69) is 0 Å². The van der Waals surface area contributed by atoms with Gasteiger partial charge in [-0.25, -0.2) is 9.36 Å². The third kappa shape index (κ3) is 1.83. The van der Waals surface area contributed by atoms with Crippen LogP contribution in [-0.2, 0) is 0 Å². The number of benzene rings is 1. The maximum Gasteiger partial charge on any atom is 0.426 e. The van der Waals surface area contributed by atoms with Crippen molar-refractivity contribution in [1.82, 2.24) is 4.57 Å². The predicted molar refractivity (Wildman–Crippen MR) is 63.8 cm³/mol. The number of nitrogens with two attached hydrogens (primary N) is 2. The zero-order valence-corrected chi connectivity index (χ0v) is 9.34. The fourth-order valence-corrected chi connectivity index (χ4v) is 1.58. The van der Waals surface area contributed by atoms with Gasteiger partial charge in [0.25, 0.3) is 5.91 Å². The molecule has 2 aromatic rings. The number of fused-ring (bicyclic) bond motifs is 1. The van der Waals surface area contributed by atoms with Gasteiger partial charge in [-0.05, 0) is 18.6 Å². The molecule has 0 aliphatic rings. The van der Waals surface area contributed by atoms with E-state index in [-0.39, 0.29) is 5.58 Å². The van der Waals surface area contributed by atoms with Gasteiger partial charge in [0.1, 0.15) is 0 Å². The second kappa shape index (κ2) is 4.06. The molecule has 6 nitrogen and oxygen atoms in total. The molecule has 1 aromatic heterocycles. The largest absolute Gasteiger partial charge is 0.426 e. The molecule has 0 fully saturated rings. The van der Waals surface area contributed by atoms with Crippen LogP contribution in [0.15, 0.2) is 27.4 Å². The fraction of sp³-hybridized carbons (Fsp3) is 0.273. The summed E-state index contributed by atoms with van der Waals surface area (Å²) < 4.78 is 5.89. The normalized spacial score (nSPS) is 12.8. The van der Waals surface area contributed by atoms with Crippen molar-refractivity contribution in [2.75, 3.05) is 5.73 Å². The van der Waals surface area contributed by atoms with Crippen molar-refractivity contribution in [3.05, 3.63) is 28.7 Å². The molecule has 1 aromatic carbocycles. The molecule has 17 heavy (non-hydrogen) atoms. The Balaban J connectivity index is 2.65. The molecule has 6 heteroatoms. The van der Waals surface area contributed by atoms with Crippen LogP contribution in [0.4, 0.5) is 5.69 Å². The number of hydrogen-bond donors (Lipinski definition) is 2. The molecule has 0 spiro atoms. The first-order chi connectivity index (χ1) is 8.04. The number of nitrogen functional groups attached to an aromatic ring is 1. The first kappa shape index (κ1) is 11.4. The Labute approximate surface area is 96.8 Å². The maximum absolute atomic E-state index is 11.9. The molecular weight excluding hydrogens is 222 g/mol. The SMILES string of the molecule is CCC(N)C(=O)n1c(=O)oc2cc(N)ccc21. The molecule has 90 valence electrons. The molecule has 1 unspecified atom stereocenters. The number of carbonyl (C=O) groups is 1. The average Bonchev–Trinajstić information content (AvgIpc) is 2.62. The molecule has 0 aliphatic heterocycles. The van der Waals surface area contributed by atoms with E-state index < -0.39 is 17.7 Å². The van der Waals surface area contributed by atoms with Gasteiger partial charge in [-0.2, -0.15) is 0 Å². The van der Waals surface area contributed by atoms with E-state index in [4.69, 9.17) is 15.9 Å². The Morgan fingerprint density at radius 3 is 2.88 bits per heavy atom. The number of aromatic nitrogens is 1. The van der Waals surface area contributed by atoms with Crippen LogP contribution in [0, 0.1) is 0 Å². The summed E-state index contributed by atoms with van der Waals surface area (Å²) in [7, 11) is 0. The summed E-state index contributed by atoms with van der Waals surface area (Å²) in [4.78, 5) is 23.5. The zero-order chi connectivity index (χ0) is 12.6. The lowest BCUT2D eigenvalue weighted by molar-refractivity contribution is 0.0873. The standard InChI is InChI=1S/C11H13N3O3/c1-2-7(13)10(15)14-8-4-3-6(12)5-9(8)17-11(14)16/h3-5,7H,2,12-13H2,1H3. The summed E-state index contributed by atoms with van der Waals surface area (Å²) in [6, 6.07) is 3.94. The summed E-state index contributed by atoms with van der Waals surface area (Å²) in [6.45, 7) is 1.77. The predicted octanol–water partition coefficient (Wildman–Crippen LogP) is 0.554. The zero-order valence-electron chi connectivity index (χ0n) is 9.34. The summed E-state index contributed by atoms with van der Waals surface area (Å²) in [5, 5.41) is 0. The Kier molecular flexibility index (Phi) is 2.72. The van der Waals surface area contributed by atoms with Crippen molar-refractivity contribution < 1.29 is 9.21 Å². The van der Waals surface area contributed by atoms with E-state index >= 15 is 0 Å². The van der Waals surface area contributed by atoms with Crippen LogP contribution in [0.2, 0.25) is 0 Å². The maximum atomic E-state index is 11.9. The molecule has 0 saturated heterocycles. The molecule has 1 atom stereocenters. The highest BCUT2D eigenvalue weighted by Crippen LogP contribution is 2.16. The minimum atomic E-state index is -0.737. The minimum Gasteiger partial charge on any atom is -0.407 e. The fourth-order valence-electron chi connectivity index (χ4n) is 1.58. The summed E-state index contributed by atoms with van der Waals surface area (Å²) in [5.74, 6) is -1.21. The van der Waals surface area contributed by atoms with E-state index in [0.717, 1.165) is 4.57 Å². The van der Waals surface area contributed by atoms with Gasteiger partial charge < -0.3 is 15.9 Å². The molecule has 0 saturated carbocycles. The Hall–Kier alpha value is -2.08. The van der Waals surface area contributed by atoms with Gasteiger partial charge in [0, 0.05) is 11.8 Å². The molecule has 0 amide bonds. The van der Waals surface area contributed by atoms with Crippen LogP contribution in [-0.4, -0.2) is 16.5 Å². The number of oxazole rings is 1. The molecule has 0 aliphatic carbocycles. The average molecular weight is 235 g/mol. The quantitative estimate of drug-likeness (QED) is 0.740. The number of rotatable bonds is 2. The Morgan fingerprint density at radius 2 is 2.24 bits per heavy atom. The highest BCUT2D eigenvalue weighted by molar-refractivity contribution is 5.92. The van der Waals surface area contributed by atoms with E-state index in [1.165, 1.54) is 6.07 Å². The van der Waals surface area contributed by atoms with Crippen molar-refractivity contribution in [3.63, 3.8) is 0 Å². The molecule has 4 N–H and O–H groups in total. The van der Waals surface area contributed by atoms with E-state index in [0.29, 0.717) is 17.6 Å². The second-order valence-electron chi connectivity index (χ2n) is 3.78. The third-order valence-electron chi connectivity index (χ3n) is 2.58. The van der Waals surface area contributed by atoms with E-state index in [1.54, 1.807) is 19.1 Å². The van der Waals surface area contributed by atoms with Crippen molar-refractivity contribution in [1.29, 1.82) is 0 Å². The number of carbonyl (C=O) groups excluding carboxylic acids is 1. The van der Waals surface area contributed by atoms with Gasteiger partial charge in [0.05, 0.1) is 11.6 Å². The first-order valence-corrected chi connectivity index (χ1v) is 5.25. The van der Waals surface area contributed by atoms with Crippen LogP contribution < -0.4 is 17.2 Å². The molecule has 0 bridgehead atoms. The van der Waals surface area contributed by atoms with Crippen LogP contribution in [0.25, 0.3) is 11.1 Å². The van der Waals surface area contributed by atoms with E-state index in [9.17, 15) is 9.59 Å². The third-order valence-corrected chi connectivity index (χ3v) is 2.58. The van der Waals surface area contributed by atoms with Gasteiger partial charge in [-0.15, -0.1) is 0 Å². The van der Waals surface area contributed by atoms with Crippen LogP contribution >= 0.6 is 0 Å². The Morgan fingerprint density at radius 1 is 1.53 bits per heavy atom. The molecule has 1 heterocycles. The van der Waals surface area contributed by atoms with Gasteiger partial charge in [0.15, 0.2) is 5.58 Å². The van der Waals surface area contributed by atoms with Crippen LogP contribution in [0.5, 0.6) is 0 Å². The van der Waals surface area contributed by atoms with E-state index in [1.807, 2.05) is 0 Å². The van der Waals surface area contributed by atoms with Crippen LogP contribution in [0.1, 0.15) is 18.1 Å². The van der Waals surface area contributed by atoms with Gasteiger partial charge in [-0.1, -0.05) is 6.92 Å². The van der Waals surface area contributed by atoms with Crippen molar-refractivity contribution >= 4 is 22.7 Å². The summed E-state index contributed by atoms with van der Waals surface area (Å²) in [6.07, 6.45) is 0.451.